The third-order valence-corrected chi connectivity index (χ3v) is 3.53. The van der Waals surface area contributed by atoms with E-state index in [1.54, 1.807) is 24.3 Å². The summed E-state index contributed by atoms with van der Waals surface area (Å²) in [4.78, 5) is 22.2. The van der Waals surface area contributed by atoms with Crippen LogP contribution >= 0.6 is 15.9 Å². The zero-order valence-electron chi connectivity index (χ0n) is 11.6. The van der Waals surface area contributed by atoms with Gasteiger partial charge in [0, 0.05) is 17.2 Å². The summed E-state index contributed by atoms with van der Waals surface area (Å²) in [6, 6.07) is 11.6. The van der Waals surface area contributed by atoms with Crippen molar-refractivity contribution >= 4 is 33.7 Å². The summed E-state index contributed by atoms with van der Waals surface area (Å²) in [5.41, 5.74) is 4.38. The fourth-order valence-electron chi connectivity index (χ4n) is 1.68. The summed E-state index contributed by atoms with van der Waals surface area (Å²) in [5.74, 6) is -0.345. The van der Waals surface area contributed by atoms with Gasteiger partial charge in [-0.3, -0.25) is 14.9 Å². The van der Waals surface area contributed by atoms with Crippen molar-refractivity contribution in [1.82, 2.24) is 5.43 Å². The minimum Gasteiger partial charge on any atom is -0.267 e. The van der Waals surface area contributed by atoms with Crippen molar-refractivity contribution < 1.29 is 9.72 Å². The second-order valence-electron chi connectivity index (χ2n) is 4.53. The first-order valence-corrected chi connectivity index (χ1v) is 7.10. The van der Waals surface area contributed by atoms with Crippen LogP contribution in [-0.2, 0) is 0 Å². The number of nitro groups is 1. The average Bonchev–Trinajstić information content (AvgIpc) is 2.49. The maximum atomic E-state index is 11.8. The quantitative estimate of drug-likeness (QED) is 0.514. The highest BCUT2D eigenvalue weighted by Crippen LogP contribution is 2.24. The van der Waals surface area contributed by atoms with Gasteiger partial charge < -0.3 is 0 Å². The Morgan fingerprint density at radius 3 is 2.59 bits per heavy atom. The number of hydrogen-bond acceptors (Lipinski definition) is 4. The second kappa shape index (κ2) is 6.95. The Hall–Kier alpha value is -2.54. The summed E-state index contributed by atoms with van der Waals surface area (Å²) in [5, 5.41) is 14.6. The van der Waals surface area contributed by atoms with Crippen molar-refractivity contribution in [2.75, 3.05) is 0 Å². The predicted molar refractivity (Wildman–Crippen MR) is 87.0 cm³/mol. The monoisotopic (exact) mass is 361 g/mol. The van der Waals surface area contributed by atoms with E-state index in [0.29, 0.717) is 15.6 Å². The summed E-state index contributed by atoms with van der Waals surface area (Å²) in [7, 11) is 0. The largest absolute Gasteiger partial charge is 0.284 e. The fraction of sp³-hybridized carbons (Fsp3) is 0.0667. The zero-order chi connectivity index (χ0) is 16.1. The van der Waals surface area contributed by atoms with Gasteiger partial charge in [0.2, 0.25) is 0 Å². The van der Waals surface area contributed by atoms with Gasteiger partial charge in [-0.1, -0.05) is 23.8 Å². The number of halogens is 1. The number of carbonyl (C=O) groups excluding carboxylic acids is 1. The molecule has 0 aromatic heterocycles. The summed E-state index contributed by atoms with van der Waals surface area (Å²) in [6.45, 7) is 1.93. The first-order chi connectivity index (χ1) is 10.5. The number of rotatable bonds is 4. The molecule has 0 saturated carbocycles. The Bertz CT molecular complexity index is 742. The van der Waals surface area contributed by atoms with Crippen LogP contribution in [0.1, 0.15) is 21.5 Å². The van der Waals surface area contributed by atoms with Gasteiger partial charge in [-0.15, -0.1) is 0 Å². The minimum absolute atomic E-state index is 0.0613. The third-order valence-electron chi connectivity index (χ3n) is 2.86. The Morgan fingerprint density at radius 2 is 1.95 bits per heavy atom. The SMILES string of the molecule is Cc1ccc(C(=O)N/N=C/c2ccc(Br)c([N+](=O)[O-])c2)cc1. The normalized spacial score (nSPS) is 10.6. The van der Waals surface area contributed by atoms with Gasteiger partial charge in [-0.25, -0.2) is 5.43 Å². The van der Waals surface area contributed by atoms with Crippen LogP contribution in [0.4, 0.5) is 5.69 Å². The first-order valence-electron chi connectivity index (χ1n) is 6.31. The maximum absolute atomic E-state index is 11.8. The van der Waals surface area contributed by atoms with Crippen LogP contribution in [-0.4, -0.2) is 17.0 Å². The number of amides is 1. The van der Waals surface area contributed by atoms with Crippen molar-refractivity contribution in [3.05, 3.63) is 73.7 Å². The maximum Gasteiger partial charge on any atom is 0.284 e. The summed E-state index contributed by atoms with van der Waals surface area (Å²) in [6.07, 6.45) is 1.35. The Kier molecular flexibility index (Phi) is 5.00. The number of hydrazone groups is 1. The smallest absolute Gasteiger partial charge is 0.267 e. The lowest BCUT2D eigenvalue weighted by Gasteiger charge is -2.00. The fourth-order valence-corrected chi connectivity index (χ4v) is 2.08. The van der Waals surface area contributed by atoms with Gasteiger partial charge in [0.25, 0.3) is 11.6 Å². The van der Waals surface area contributed by atoms with E-state index in [4.69, 9.17) is 0 Å². The lowest BCUT2D eigenvalue weighted by molar-refractivity contribution is -0.385. The Morgan fingerprint density at radius 1 is 1.27 bits per heavy atom. The van der Waals surface area contributed by atoms with Crippen LogP contribution in [0, 0.1) is 17.0 Å². The van der Waals surface area contributed by atoms with E-state index in [0.717, 1.165) is 5.56 Å². The van der Waals surface area contributed by atoms with Crippen LogP contribution in [0.15, 0.2) is 52.0 Å². The van der Waals surface area contributed by atoms with Crippen molar-refractivity contribution in [2.24, 2.45) is 5.10 Å². The molecule has 0 atom stereocenters. The van der Waals surface area contributed by atoms with Crippen LogP contribution in [0.5, 0.6) is 0 Å². The Labute approximate surface area is 135 Å². The molecule has 7 heteroatoms. The van der Waals surface area contributed by atoms with Gasteiger partial charge in [0.1, 0.15) is 0 Å². The molecule has 0 bridgehead atoms. The zero-order valence-corrected chi connectivity index (χ0v) is 13.2. The highest BCUT2D eigenvalue weighted by Gasteiger charge is 2.11. The summed E-state index contributed by atoms with van der Waals surface area (Å²) < 4.78 is 0.387. The number of nitro benzene ring substituents is 1. The van der Waals surface area contributed by atoms with Crippen molar-refractivity contribution in [3.63, 3.8) is 0 Å². The number of hydrogen-bond donors (Lipinski definition) is 1. The molecule has 0 unspecified atom stereocenters. The molecule has 22 heavy (non-hydrogen) atoms. The van der Waals surface area contributed by atoms with Gasteiger partial charge in [0.05, 0.1) is 15.6 Å². The molecule has 2 aromatic rings. The lowest BCUT2D eigenvalue weighted by Crippen LogP contribution is -2.17. The molecule has 0 fully saturated rings. The molecule has 0 aliphatic carbocycles. The molecule has 0 saturated heterocycles. The molecular formula is C15H12BrN3O3. The molecule has 0 aliphatic heterocycles. The highest BCUT2D eigenvalue weighted by molar-refractivity contribution is 9.10. The van der Waals surface area contributed by atoms with Crippen molar-refractivity contribution in [1.29, 1.82) is 0 Å². The molecule has 0 radical (unpaired) electrons. The molecule has 0 heterocycles. The molecule has 2 aromatic carbocycles. The molecule has 6 nitrogen and oxygen atoms in total. The van der Waals surface area contributed by atoms with Crippen molar-refractivity contribution in [2.45, 2.75) is 6.92 Å². The lowest BCUT2D eigenvalue weighted by atomic mass is 10.1. The average molecular weight is 362 g/mol. The van der Waals surface area contributed by atoms with Gasteiger partial charge in [-0.2, -0.15) is 5.10 Å². The standard InChI is InChI=1S/C15H12BrN3O3/c1-10-2-5-12(6-3-10)15(20)18-17-9-11-4-7-13(16)14(8-11)19(21)22/h2-9H,1H3,(H,18,20)/b17-9+. The number of carbonyl (C=O) groups is 1. The second-order valence-corrected chi connectivity index (χ2v) is 5.39. The highest BCUT2D eigenvalue weighted by atomic mass is 79.9. The molecule has 1 N–H and O–H groups in total. The molecule has 0 spiro atoms. The van der Waals surface area contributed by atoms with Gasteiger partial charge in [0.15, 0.2) is 0 Å². The van der Waals surface area contributed by atoms with Gasteiger partial charge in [-0.05, 0) is 41.1 Å². The number of nitrogens with one attached hydrogen (secondary N) is 1. The van der Waals surface area contributed by atoms with E-state index >= 15 is 0 Å². The van der Waals surface area contributed by atoms with E-state index in [9.17, 15) is 14.9 Å². The van der Waals surface area contributed by atoms with E-state index in [-0.39, 0.29) is 11.6 Å². The molecular weight excluding hydrogens is 350 g/mol. The number of benzene rings is 2. The Balaban J connectivity index is 2.06. The van der Waals surface area contributed by atoms with Crippen molar-refractivity contribution in [3.8, 4) is 0 Å². The third kappa shape index (κ3) is 3.98. The van der Waals surface area contributed by atoms with E-state index in [1.165, 1.54) is 12.3 Å². The molecule has 1 amide bonds. The summed E-state index contributed by atoms with van der Waals surface area (Å²) >= 11 is 3.10. The van der Waals surface area contributed by atoms with Crippen LogP contribution in [0.25, 0.3) is 0 Å². The minimum atomic E-state index is -0.494. The molecule has 2 rings (SSSR count). The molecule has 0 aliphatic rings. The van der Waals surface area contributed by atoms with E-state index < -0.39 is 4.92 Å². The van der Waals surface area contributed by atoms with Gasteiger partial charge >= 0.3 is 0 Å². The van der Waals surface area contributed by atoms with Crippen LogP contribution in [0.2, 0.25) is 0 Å². The topological polar surface area (TPSA) is 84.6 Å². The van der Waals surface area contributed by atoms with E-state index in [1.807, 2.05) is 19.1 Å². The molecule has 112 valence electrons. The number of nitrogens with zero attached hydrogens (tertiary/aromatic N) is 2. The first kappa shape index (κ1) is 15.8. The van der Waals surface area contributed by atoms with E-state index in [2.05, 4.69) is 26.5 Å². The predicted octanol–water partition coefficient (Wildman–Crippen LogP) is 3.43. The number of aryl methyl sites for hydroxylation is 1. The van der Waals surface area contributed by atoms with Crippen LogP contribution < -0.4 is 5.43 Å². The van der Waals surface area contributed by atoms with Crippen LogP contribution in [0.3, 0.4) is 0 Å².